The molecule has 2 aliphatic rings. The Bertz CT molecular complexity index is 869. The Balaban J connectivity index is 1.74. The molecule has 0 aromatic carbocycles. The summed E-state index contributed by atoms with van der Waals surface area (Å²) < 4.78 is 2.00. The van der Waals surface area contributed by atoms with Gasteiger partial charge in [0.05, 0.1) is 11.7 Å². The van der Waals surface area contributed by atoms with Gasteiger partial charge in [-0.3, -0.25) is 14.5 Å². The first-order valence-electron chi connectivity index (χ1n) is 9.85. The number of hydrogen-bond acceptors (Lipinski definition) is 4. The zero-order chi connectivity index (χ0) is 19.0. The van der Waals surface area contributed by atoms with E-state index in [4.69, 9.17) is 10.7 Å². The zero-order valence-electron chi connectivity index (χ0n) is 15.9. The SMILES string of the molecule is Cc1cccn2c(CN3CCC[C@@H]3C(N)=O)c(C(=O)N3CCCCC3)nc12. The highest BCUT2D eigenvalue weighted by Gasteiger charge is 2.32. The molecule has 0 radical (unpaired) electrons. The highest BCUT2D eigenvalue weighted by atomic mass is 16.2. The lowest BCUT2D eigenvalue weighted by Crippen LogP contribution is -2.41. The van der Waals surface area contributed by atoms with Gasteiger partial charge in [0, 0.05) is 25.8 Å². The third-order valence-corrected chi connectivity index (χ3v) is 5.83. The van der Waals surface area contributed by atoms with Crippen LogP contribution in [0.3, 0.4) is 0 Å². The Morgan fingerprint density at radius 1 is 1.19 bits per heavy atom. The number of primary amides is 1. The maximum absolute atomic E-state index is 13.2. The molecule has 2 saturated heterocycles. The minimum atomic E-state index is -0.290. The van der Waals surface area contributed by atoms with Gasteiger partial charge in [0.25, 0.3) is 5.91 Å². The summed E-state index contributed by atoms with van der Waals surface area (Å²) in [5, 5.41) is 0. The number of rotatable bonds is 4. The summed E-state index contributed by atoms with van der Waals surface area (Å²) in [6, 6.07) is 3.71. The van der Waals surface area contributed by atoms with Crippen LogP contribution in [0.2, 0.25) is 0 Å². The topological polar surface area (TPSA) is 83.9 Å². The molecule has 7 heteroatoms. The van der Waals surface area contributed by atoms with Crippen molar-refractivity contribution in [3.05, 3.63) is 35.3 Å². The number of hydrogen-bond donors (Lipinski definition) is 1. The van der Waals surface area contributed by atoms with Crippen LogP contribution in [0.25, 0.3) is 5.65 Å². The summed E-state index contributed by atoms with van der Waals surface area (Å²) in [7, 11) is 0. The van der Waals surface area contributed by atoms with Gasteiger partial charge in [0.1, 0.15) is 5.65 Å². The van der Waals surface area contributed by atoms with Gasteiger partial charge in [-0.05, 0) is 57.2 Å². The standard InChI is InChI=1S/C20H27N5O2/c1-14-7-5-12-25-16(13-24-11-6-8-15(24)18(21)26)17(22-19(14)25)20(27)23-9-3-2-4-10-23/h5,7,12,15H,2-4,6,8-11,13H2,1H3,(H2,21,26)/t15-/m1/s1. The second kappa shape index (κ2) is 7.31. The van der Waals surface area contributed by atoms with Gasteiger partial charge < -0.3 is 15.0 Å². The Morgan fingerprint density at radius 2 is 1.96 bits per heavy atom. The fourth-order valence-corrected chi connectivity index (χ4v) is 4.35. The number of nitrogens with zero attached hydrogens (tertiary/aromatic N) is 4. The molecule has 2 aromatic rings. The second-order valence-corrected chi connectivity index (χ2v) is 7.68. The molecule has 0 unspecified atom stereocenters. The van der Waals surface area contributed by atoms with Crippen LogP contribution >= 0.6 is 0 Å². The van der Waals surface area contributed by atoms with E-state index in [1.54, 1.807) is 0 Å². The van der Waals surface area contributed by atoms with Crippen molar-refractivity contribution in [2.75, 3.05) is 19.6 Å². The highest BCUT2D eigenvalue weighted by molar-refractivity contribution is 5.94. The molecular weight excluding hydrogens is 342 g/mol. The van der Waals surface area contributed by atoms with Crippen molar-refractivity contribution in [2.45, 2.75) is 51.6 Å². The number of pyridine rings is 1. The number of carbonyl (C=O) groups is 2. The van der Waals surface area contributed by atoms with E-state index in [-0.39, 0.29) is 17.9 Å². The van der Waals surface area contributed by atoms with Crippen molar-refractivity contribution in [1.82, 2.24) is 19.2 Å². The number of aromatic nitrogens is 2. The number of fused-ring (bicyclic) bond motifs is 1. The molecule has 0 spiro atoms. The van der Waals surface area contributed by atoms with E-state index >= 15 is 0 Å². The zero-order valence-corrected chi connectivity index (χ0v) is 15.9. The first kappa shape index (κ1) is 18.0. The molecular formula is C20H27N5O2. The lowest BCUT2D eigenvalue weighted by molar-refractivity contribution is -0.122. The summed E-state index contributed by atoms with van der Waals surface area (Å²) in [6.07, 6.45) is 6.94. The van der Waals surface area contributed by atoms with Gasteiger partial charge in [-0.1, -0.05) is 6.07 Å². The molecule has 2 N–H and O–H groups in total. The Kier molecular flexibility index (Phi) is 4.86. The molecule has 2 amide bonds. The molecule has 2 fully saturated rings. The maximum Gasteiger partial charge on any atom is 0.274 e. The number of carbonyl (C=O) groups excluding carboxylic acids is 2. The molecule has 1 atom stereocenters. The molecule has 4 rings (SSSR count). The van der Waals surface area contributed by atoms with Crippen LogP contribution in [0.5, 0.6) is 0 Å². The van der Waals surface area contributed by atoms with Crippen LogP contribution in [0, 0.1) is 6.92 Å². The first-order chi connectivity index (χ1) is 13.1. The summed E-state index contributed by atoms with van der Waals surface area (Å²) in [4.78, 5) is 33.8. The number of piperidine rings is 1. The Morgan fingerprint density at radius 3 is 2.70 bits per heavy atom. The molecule has 27 heavy (non-hydrogen) atoms. The third kappa shape index (κ3) is 3.32. The number of amides is 2. The van der Waals surface area contributed by atoms with E-state index < -0.39 is 0 Å². The van der Waals surface area contributed by atoms with Gasteiger partial charge in [-0.2, -0.15) is 0 Å². The minimum absolute atomic E-state index is 0.00243. The van der Waals surface area contributed by atoms with Gasteiger partial charge in [-0.15, -0.1) is 0 Å². The third-order valence-electron chi connectivity index (χ3n) is 5.83. The fourth-order valence-electron chi connectivity index (χ4n) is 4.35. The van der Waals surface area contributed by atoms with E-state index in [0.29, 0.717) is 12.2 Å². The number of nitrogens with two attached hydrogens (primary N) is 1. The second-order valence-electron chi connectivity index (χ2n) is 7.68. The van der Waals surface area contributed by atoms with Crippen molar-refractivity contribution in [2.24, 2.45) is 5.73 Å². The summed E-state index contributed by atoms with van der Waals surface area (Å²) in [6.45, 7) is 4.90. The van der Waals surface area contributed by atoms with E-state index in [1.807, 2.05) is 34.6 Å². The van der Waals surface area contributed by atoms with E-state index in [1.165, 1.54) is 6.42 Å². The maximum atomic E-state index is 13.2. The molecule has 4 heterocycles. The van der Waals surface area contributed by atoms with Gasteiger partial charge in [0.2, 0.25) is 5.91 Å². The molecule has 144 valence electrons. The predicted octanol–water partition coefficient (Wildman–Crippen LogP) is 1.72. The average molecular weight is 369 g/mol. The average Bonchev–Trinajstić information content (AvgIpc) is 3.28. The van der Waals surface area contributed by atoms with E-state index in [2.05, 4.69) is 4.90 Å². The lowest BCUT2D eigenvalue weighted by atomic mass is 10.1. The van der Waals surface area contributed by atoms with Crippen molar-refractivity contribution < 1.29 is 9.59 Å². The van der Waals surface area contributed by atoms with Crippen LogP contribution in [0.4, 0.5) is 0 Å². The van der Waals surface area contributed by atoms with Crippen LogP contribution < -0.4 is 5.73 Å². The van der Waals surface area contributed by atoms with Crippen molar-refractivity contribution in [3.63, 3.8) is 0 Å². The number of imidazole rings is 1. The summed E-state index contributed by atoms with van der Waals surface area (Å²) >= 11 is 0. The molecule has 7 nitrogen and oxygen atoms in total. The van der Waals surface area contributed by atoms with Crippen LogP contribution in [0.1, 0.15) is 53.8 Å². The van der Waals surface area contributed by atoms with Crippen molar-refractivity contribution in [3.8, 4) is 0 Å². The predicted molar refractivity (Wildman–Crippen MR) is 102 cm³/mol. The Hall–Kier alpha value is -2.41. The van der Waals surface area contributed by atoms with Crippen LogP contribution in [0.15, 0.2) is 18.3 Å². The Labute approximate surface area is 159 Å². The lowest BCUT2D eigenvalue weighted by Gasteiger charge is -2.27. The van der Waals surface area contributed by atoms with Gasteiger partial charge in [0.15, 0.2) is 5.69 Å². The van der Waals surface area contributed by atoms with Crippen LogP contribution in [-0.2, 0) is 11.3 Å². The quantitative estimate of drug-likeness (QED) is 0.889. The molecule has 2 aliphatic heterocycles. The molecule has 0 bridgehead atoms. The number of aryl methyl sites for hydroxylation is 1. The highest BCUT2D eigenvalue weighted by Crippen LogP contribution is 2.25. The summed E-state index contributed by atoms with van der Waals surface area (Å²) in [5.74, 6) is -0.288. The molecule has 2 aromatic heterocycles. The summed E-state index contributed by atoms with van der Waals surface area (Å²) in [5.41, 5.74) is 8.80. The number of likely N-dealkylation sites (tertiary alicyclic amines) is 2. The van der Waals surface area contributed by atoms with Gasteiger partial charge >= 0.3 is 0 Å². The minimum Gasteiger partial charge on any atom is -0.368 e. The van der Waals surface area contributed by atoms with Gasteiger partial charge in [-0.25, -0.2) is 4.98 Å². The van der Waals surface area contributed by atoms with E-state index in [0.717, 1.165) is 62.2 Å². The van der Waals surface area contributed by atoms with E-state index in [9.17, 15) is 9.59 Å². The molecule has 0 saturated carbocycles. The van der Waals surface area contributed by atoms with Crippen LogP contribution in [-0.4, -0.2) is 56.7 Å². The first-order valence-corrected chi connectivity index (χ1v) is 9.85. The fraction of sp³-hybridized carbons (Fsp3) is 0.550. The largest absolute Gasteiger partial charge is 0.368 e. The molecule has 0 aliphatic carbocycles. The smallest absolute Gasteiger partial charge is 0.274 e. The normalized spacial score (nSPS) is 21.1. The van der Waals surface area contributed by atoms with Crippen molar-refractivity contribution in [1.29, 1.82) is 0 Å². The monoisotopic (exact) mass is 369 g/mol. The van der Waals surface area contributed by atoms with Crippen molar-refractivity contribution >= 4 is 17.5 Å².